The van der Waals surface area contributed by atoms with Crippen molar-refractivity contribution in [2.45, 2.75) is 26.7 Å². The fourth-order valence-corrected chi connectivity index (χ4v) is 3.24. The molecule has 1 fully saturated rings. The first kappa shape index (κ1) is 15.8. The summed E-state index contributed by atoms with van der Waals surface area (Å²) in [6, 6.07) is 7.86. The number of aromatic nitrogens is 5. The molecule has 130 valence electrons. The van der Waals surface area contributed by atoms with Gasteiger partial charge in [0.05, 0.1) is 18.5 Å². The highest BCUT2D eigenvalue weighted by atomic mass is 16.5. The lowest BCUT2D eigenvalue weighted by atomic mass is 9.98. The van der Waals surface area contributed by atoms with Crippen LogP contribution in [0.4, 0.5) is 5.82 Å². The maximum Gasteiger partial charge on any atom is 0.233 e. The zero-order valence-corrected chi connectivity index (χ0v) is 14.6. The van der Waals surface area contributed by atoms with Gasteiger partial charge in [-0.15, -0.1) is 5.10 Å². The van der Waals surface area contributed by atoms with Crippen LogP contribution < -0.4 is 9.64 Å². The van der Waals surface area contributed by atoms with Gasteiger partial charge in [0.15, 0.2) is 5.65 Å². The van der Waals surface area contributed by atoms with E-state index in [2.05, 4.69) is 31.2 Å². The number of fused-ring (bicyclic) bond motifs is 1. The number of nitrogens with zero attached hydrogens (tertiary/aromatic N) is 6. The van der Waals surface area contributed by atoms with E-state index in [4.69, 9.17) is 4.74 Å². The number of hydrogen-bond donors (Lipinski definition) is 0. The summed E-state index contributed by atoms with van der Waals surface area (Å²) in [5.41, 5.74) is 2.82. The Kier molecular flexibility index (Phi) is 4.21. The summed E-state index contributed by atoms with van der Waals surface area (Å²) in [7, 11) is 0. The largest absolute Gasteiger partial charge is 0.476 e. The van der Waals surface area contributed by atoms with Gasteiger partial charge in [-0.2, -0.15) is 14.7 Å². The van der Waals surface area contributed by atoms with Crippen LogP contribution in [0.15, 0.2) is 30.5 Å². The van der Waals surface area contributed by atoms with E-state index in [9.17, 15) is 0 Å². The summed E-state index contributed by atoms with van der Waals surface area (Å²) >= 11 is 0. The van der Waals surface area contributed by atoms with Crippen LogP contribution in [0.3, 0.4) is 0 Å². The van der Waals surface area contributed by atoms with Crippen molar-refractivity contribution in [1.29, 1.82) is 0 Å². The number of anilines is 1. The molecule has 0 saturated carbocycles. The average molecular weight is 338 g/mol. The molecule has 3 aromatic rings. The van der Waals surface area contributed by atoms with Gasteiger partial charge in [-0.25, -0.2) is 4.98 Å². The first-order chi connectivity index (χ1) is 12.2. The van der Waals surface area contributed by atoms with Crippen LogP contribution in [-0.2, 0) is 0 Å². The Morgan fingerprint density at radius 2 is 1.92 bits per heavy atom. The molecule has 25 heavy (non-hydrogen) atoms. The van der Waals surface area contributed by atoms with Crippen molar-refractivity contribution in [2.75, 3.05) is 24.6 Å². The Morgan fingerprint density at radius 3 is 2.68 bits per heavy atom. The van der Waals surface area contributed by atoms with Crippen LogP contribution in [0.5, 0.6) is 5.88 Å². The minimum absolute atomic E-state index is 0.537. The number of piperidine rings is 1. The molecule has 0 radical (unpaired) electrons. The minimum atomic E-state index is 0.537. The fraction of sp³-hybridized carbons (Fsp3) is 0.444. The molecule has 4 heterocycles. The standard InChI is InChI=1S/C18H22N6O/c1-13-3-4-17(22-21-13)25-12-15-6-9-23(10-7-15)18-11-14(2)20-16-5-8-19-24(16)18/h3-5,8,11,15H,6-7,9-10,12H2,1-2H3. The van der Waals surface area contributed by atoms with Crippen LogP contribution >= 0.6 is 0 Å². The maximum absolute atomic E-state index is 5.80. The highest BCUT2D eigenvalue weighted by Gasteiger charge is 2.22. The third kappa shape index (κ3) is 3.40. The van der Waals surface area contributed by atoms with E-state index in [0.717, 1.165) is 48.8 Å². The van der Waals surface area contributed by atoms with Crippen molar-refractivity contribution in [3.05, 3.63) is 41.9 Å². The Balaban J connectivity index is 1.38. The summed E-state index contributed by atoms with van der Waals surface area (Å²) in [5.74, 6) is 2.27. The second-order valence-electron chi connectivity index (χ2n) is 6.61. The second-order valence-corrected chi connectivity index (χ2v) is 6.61. The van der Waals surface area contributed by atoms with Gasteiger partial charge in [0.1, 0.15) is 5.82 Å². The Bertz CT molecular complexity index is 852. The van der Waals surface area contributed by atoms with Gasteiger partial charge in [0.25, 0.3) is 0 Å². The van der Waals surface area contributed by atoms with Crippen molar-refractivity contribution in [3.63, 3.8) is 0 Å². The molecule has 0 N–H and O–H groups in total. The topological polar surface area (TPSA) is 68.4 Å². The molecule has 0 aliphatic carbocycles. The predicted molar refractivity (Wildman–Crippen MR) is 94.9 cm³/mol. The Hall–Kier alpha value is -2.70. The summed E-state index contributed by atoms with van der Waals surface area (Å²) in [4.78, 5) is 6.90. The molecule has 7 heteroatoms. The van der Waals surface area contributed by atoms with E-state index in [1.54, 1.807) is 6.20 Å². The van der Waals surface area contributed by atoms with Gasteiger partial charge >= 0.3 is 0 Å². The zero-order chi connectivity index (χ0) is 17.2. The molecule has 0 amide bonds. The highest BCUT2D eigenvalue weighted by molar-refractivity contribution is 5.50. The number of ether oxygens (including phenoxy) is 1. The van der Waals surface area contributed by atoms with Gasteiger partial charge in [0, 0.05) is 37.0 Å². The van der Waals surface area contributed by atoms with Crippen molar-refractivity contribution in [2.24, 2.45) is 5.92 Å². The lowest BCUT2D eigenvalue weighted by Gasteiger charge is -2.33. The Morgan fingerprint density at radius 1 is 1.08 bits per heavy atom. The van der Waals surface area contributed by atoms with Gasteiger partial charge in [-0.3, -0.25) is 0 Å². The van der Waals surface area contributed by atoms with Crippen LogP contribution in [0.2, 0.25) is 0 Å². The van der Waals surface area contributed by atoms with Crippen molar-refractivity contribution in [1.82, 2.24) is 24.8 Å². The molecule has 0 unspecified atom stereocenters. The van der Waals surface area contributed by atoms with E-state index in [1.807, 2.05) is 36.6 Å². The molecule has 0 bridgehead atoms. The molecule has 3 aromatic heterocycles. The summed E-state index contributed by atoms with van der Waals surface area (Å²) in [6.07, 6.45) is 3.97. The summed E-state index contributed by atoms with van der Waals surface area (Å²) < 4.78 is 7.72. The number of hydrogen-bond acceptors (Lipinski definition) is 6. The maximum atomic E-state index is 5.80. The third-order valence-corrected chi connectivity index (χ3v) is 4.65. The van der Waals surface area contributed by atoms with Gasteiger partial charge in [-0.1, -0.05) is 0 Å². The SMILES string of the molecule is Cc1ccc(OCC2CCN(c3cc(C)nc4ccnn34)CC2)nn1. The van der Waals surface area contributed by atoms with Gasteiger partial charge < -0.3 is 9.64 Å². The van der Waals surface area contributed by atoms with Crippen molar-refractivity contribution >= 4 is 11.5 Å². The first-order valence-corrected chi connectivity index (χ1v) is 8.68. The van der Waals surface area contributed by atoms with Crippen LogP contribution in [0.25, 0.3) is 5.65 Å². The lowest BCUT2D eigenvalue weighted by molar-refractivity contribution is 0.214. The average Bonchev–Trinajstić information content (AvgIpc) is 3.09. The molecular formula is C18H22N6O. The van der Waals surface area contributed by atoms with Crippen LogP contribution in [0, 0.1) is 19.8 Å². The van der Waals surface area contributed by atoms with E-state index in [1.165, 1.54) is 0 Å². The molecule has 0 spiro atoms. The molecule has 0 atom stereocenters. The zero-order valence-electron chi connectivity index (χ0n) is 14.6. The minimum Gasteiger partial charge on any atom is -0.476 e. The second kappa shape index (κ2) is 6.66. The van der Waals surface area contributed by atoms with Crippen molar-refractivity contribution < 1.29 is 4.74 Å². The fourth-order valence-electron chi connectivity index (χ4n) is 3.24. The Labute approximate surface area is 146 Å². The molecule has 1 aliphatic rings. The molecule has 4 rings (SSSR count). The number of rotatable bonds is 4. The third-order valence-electron chi connectivity index (χ3n) is 4.65. The van der Waals surface area contributed by atoms with Crippen LogP contribution in [0.1, 0.15) is 24.2 Å². The number of aryl methyl sites for hydroxylation is 2. The van der Waals surface area contributed by atoms with E-state index in [0.29, 0.717) is 18.4 Å². The van der Waals surface area contributed by atoms with Crippen molar-refractivity contribution in [3.8, 4) is 5.88 Å². The molecular weight excluding hydrogens is 316 g/mol. The summed E-state index contributed by atoms with van der Waals surface area (Å²) in [6.45, 7) is 6.62. The molecule has 1 aliphatic heterocycles. The highest BCUT2D eigenvalue weighted by Crippen LogP contribution is 2.24. The van der Waals surface area contributed by atoms with Crippen LogP contribution in [-0.4, -0.2) is 44.5 Å². The normalized spacial score (nSPS) is 15.7. The van der Waals surface area contributed by atoms with Gasteiger partial charge in [-0.05, 0) is 38.7 Å². The molecule has 1 saturated heterocycles. The van der Waals surface area contributed by atoms with E-state index < -0.39 is 0 Å². The first-order valence-electron chi connectivity index (χ1n) is 8.68. The molecule has 0 aromatic carbocycles. The van der Waals surface area contributed by atoms with Gasteiger partial charge in [0.2, 0.25) is 5.88 Å². The summed E-state index contributed by atoms with van der Waals surface area (Å²) in [5, 5.41) is 12.5. The van der Waals surface area contributed by atoms with E-state index >= 15 is 0 Å². The quantitative estimate of drug-likeness (QED) is 0.728. The molecule has 7 nitrogen and oxygen atoms in total. The van der Waals surface area contributed by atoms with E-state index in [-0.39, 0.29) is 0 Å². The predicted octanol–water partition coefficient (Wildman–Crippen LogP) is 2.43. The lowest BCUT2D eigenvalue weighted by Crippen LogP contribution is -2.36. The smallest absolute Gasteiger partial charge is 0.233 e. The monoisotopic (exact) mass is 338 g/mol.